The summed E-state index contributed by atoms with van der Waals surface area (Å²) < 4.78 is 35.4. The molecule has 1 amide bonds. The number of nitrogens with one attached hydrogen (secondary N) is 1. The standard InChI is InChI=1S/C17H14Cl2F2N2O4/c18-11-6-12(19)15(23(25)7-11)22-16(24)10-3-4-13(27-17(20)21)14(5-10)26-8-9-1-2-9/h3-7,9,17H,1-2,8H2,(H,22,24). The van der Waals surface area contributed by atoms with E-state index in [9.17, 15) is 18.8 Å². The molecule has 0 bridgehead atoms. The summed E-state index contributed by atoms with van der Waals surface area (Å²) in [5.41, 5.74) is 0.0772. The lowest BCUT2D eigenvalue weighted by atomic mass is 10.2. The highest BCUT2D eigenvalue weighted by Gasteiger charge is 2.24. The second-order valence-electron chi connectivity index (χ2n) is 5.93. The van der Waals surface area contributed by atoms with Crippen LogP contribution in [0.4, 0.5) is 14.6 Å². The number of benzene rings is 1. The molecular formula is C17H14Cl2F2N2O4. The Hall–Kier alpha value is -2.32. The molecule has 1 aliphatic rings. The van der Waals surface area contributed by atoms with Crippen LogP contribution in [0.1, 0.15) is 23.2 Å². The Labute approximate surface area is 163 Å². The number of pyridine rings is 1. The Kier molecular flexibility index (Phi) is 5.86. The summed E-state index contributed by atoms with van der Waals surface area (Å²) >= 11 is 11.6. The van der Waals surface area contributed by atoms with Crippen LogP contribution in [-0.2, 0) is 0 Å². The van der Waals surface area contributed by atoms with Gasteiger partial charge in [-0.25, -0.2) is 14.8 Å². The minimum absolute atomic E-state index is 0.0204. The summed E-state index contributed by atoms with van der Waals surface area (Å²) in [6.07, 6.45) is 3.04. The van der Waals surface area contributed by atoms with Gasteiger partial charge in [0, 0.05) is 0 Å². The van der Waals surface area contributed by atoms with E-state index in [1.807, 2.05) is 0 Å². The molecule has 10 heteroatoms. The van der Waals surface area contributed by atoms with E-state index in [1.54, 1.807) is 0 Å². The van der Waals surface area contributed by atoms with Crippen molar-refractivity contribution in [2.45, 2.75) is 19.5 Å². The van der Waals surface area contributed by atoms with Crippen molar-refractivity contribution < 1.29 is 27.8 Å². The van der Waals surface area contributed by atoms with Crippen molar-refractivity contribution in [2.75, 3.05) is 11.9 Å². The molecule has 0 aliphatic heterocycles. The number of alkyl halides is 2. The molecule has 1 N–H and O–H groups in total. The molecule has 27 heavy (non-hydrogen) atoms. The molecule has 6 nitrogen and oxygen atoms in total. The van der Waals surface area contributed by atoms with Crippen LogP contribution < -0.4 is 19.5 Å². The number of hydrogen-bond acceptors (Lipinski definition) is 4. The van der Waals surface area contributed by atoms with Crippen LogP contribution >= 0.6 is 23.2 Å². The fourth-order valence-corrected chi connectivity index (χ4v) is 2.75. The van der Waals surface area contributed by atoms with Crippen LogP contribution in [0.3, 0.4) is 0 Å². The molecule has 1 aliphatic carbocycles. The third-order valence-electron chi connectivity index (χ3n) is 3.78. The van der Waals surface area contributed by atoms with Crippen molar-refractivity contribution in [1.29, 1.82) is 0 Å². The van der Waals surface area contributed by atoms with E-state index in [0.717, 1.165) is 19.0 Å². The molecule has 0 unspecified atom stereocenters. The molecule has 2 aromatic rings. The predicted molar refractivity (Wildman–Crippen MR) is 94.7 cm³/mol. The topological polar surface area (TPSA) is 74.5 Å². The lowest BCUT2D eigenvalue weighted by Gasteiger charge is -2.13. The van der Waals surface area contributed by atoms with Gasteiger partial charge in [-0.2, -0.15) is 8.78 Å². The van der Waals surface area contributed by atoms with Gasteiger partial charge in [0.2, 0.25) is 0 Å². The van der Waals surface area contributed by atoms with Crippen LogP contribution in [0.5, 0.6) is 11.5 Å². The Morgan fingerprint density at radius 2 is 2.04 bits per heavy atom. The molecule has 0 atom stereocenters. The molecule has 144 valence electrons. The average Bonchev–Trinajstić information content (AvgIpc) is 3.40. The summed E-state index contributed by atoms with van der Waals surface area (Å²) in [5, 5.41) is 14.3. The lowest BCUT2D eigenvalue weighted by Crippen LogP contribution is -2.33. The van der Waals surface area contributed by atoms with Crippen molar-refractivity contribution in [1.82, 2.24) is 0 Å². The average molecular weight is 419 g/mol. The summed E-state index contributed by atoms with van der Waals surface area (Å²) in [6.45, 7) is -2.69. The smallest absolute Gasteiger partial charge is 0.387 e. The number of carbonyl (C=O) groups excluding carboxylic acids is 1. The molecule has 3 rings (SSSR count). The van der Waals surface area contributed by atoms with Gasteiger partial charge in [-0.3, -0.25) is 0 Å². The lowest BCUT2D eigenvalue weighted by molar-refractivity contribution is -0.589. The monoisotopic (exact) mass is 418 g/mol. The molecule has 0 saturated heterocycles. The normalized spacial score (nSPS) is 13.5. The van der Waals surface area contributed by atoms with Gasteiger partial charge in [0.1, 0.15) is 11.2 Å². The fraction of sp³-hybridized carbons (Fsp3) is 0.294. The molecule has 1 aromatic carbocycles. The number of anilines is 1. The third kappa shape index (κ3) is 5.11. The molecule has 0 radical (unpaired) electrons. The van der Waals surface area contributed by atoms with Gasteiger partial charge in [-0.1, -0.05) is 23.2 Å². The second kappa shape index (κ2) is 8.14. The maximum absolute atomic E-state index is 12.6. The quantitative estimate of drug-likeness (QED) is 0.538. The maximum Gasteiger partial charge on any atom is 0.387 e. The van der Waals surface area contributed by atoms with E-state index in [1.165, 1.54) is 24.3 Å². The fourth-order valence-electron chi connectivity index (χ4n) is 2.25. The van der Waals surface area contributed by atoms with E-state index in [4.69, 9.17) is 27.9 Å². The van der Waals surface area contributed by atoms with Gasteiger partial charge in [0.15, 0.2) is 11.5 Å². The first-order valence-corrected chi connectivity index (χ1v) is 8.70. The zero-order chi connectivity index (χ0) is 19.6. The highest BCUT2D eigenvalue weighted by molar-refractivity contribution is 6.36. The van der Waals surface area contributed by atoms with E-state index in [-0.39, 0.29) is 32.9 Å². The second-order valence-corrected chi connectivity index (χ2v) is 6.77. The first kappa shape index (κ1) is 19.4. The SMILES string of the molecule is O=C(Nc1c(Cl)cc(Cl)c[n+]1[O-])c1ccc(OC(F)F)c(OCC2CC2)c1. The number of aromatic nitrogens is 1. The largest absolute Gasteiger partial charge is 0.711 e. The number of halogens is 4. The van der Waals surface area contributed by atoms with Gasteiger partial charge >= 0.3 is 18.3 Å². The van der Waals surface area contributed by atoms with E-state index in [0.29, 0.717) is 17.3 Å². The van der Waals surface area contributed by atoms with Crippen LogP contribution in [0.15, 0.2) is 30.5 Å². The van der Waals surface area contributed by atoms with Crippen molar-refractivity contribution in [3.8, 4) is 11.5 Å². The van der Waals surface area contributed by atoms with Crippen LogP contribution in [0, 0.1) is 11.1 Å². The van der Waals surface area contributed by atoms with Gasteiger partial charge in [0.25, 0.3) is 0 Å². The van der Waals surface area contributed by atoms with Crippen LogP contribution in [-0.4, -0.2) is 19.1 Å². The molecule has 0 spiro atoms. The summed E-state index contributed by atoms with van der Waals surface area (Å²) in [5.74, 6) is -0.671. The van der Waals surface area contributed by atoms with Crippen molar-refractivity contribution in [2.24, 2.45) is 5.92 Å². The molecule has 1 saturated carbocycles. The minimum Gasteiger partial charge on any atom is -0.711 e. The molecule has 1 heterocycles. The number of hydrogen-bond donors (Lipinski definition) is 1. The summed E-state index contributed by atoms with van der Waals surface area (Å²) in [4.78, 5) is 12.4. The van der Waals surface area contributed by atoms with Crippen molar-refractivity contribution in [3.05, 3.63) is 51.3 Å². The zero-order valence-electron chi connectivity index (χ0n) is 13.8. The highest BCUT2D eigenvalue weighted by Crippen LogP contribution is 2.34. The maximum atomic E-state index is 12.6. The third-order valence-corrected chi connectivity index (χ3v) is 4.27. The summed E-state index contributed by atoms with van der Waals surface area (Å²) in [7, 11) is 0. The first-order chi connectivity index (χ1) is 12.8. The zero-order valence-corrected chi connectivity index (χ0v) is 15.3. The Morgan fingerprint density at radius 3 is 2.67 bits per heavy atom. The van der Waals surface area contributed by atoms with Crippen molar-refractivity contribution in [3.63, 3.8) is 0 Å². The Balaban J connectivity index is 1.82. The van der Waals surface area contributed by atoms with E-state index in [2.05, 4.69) is 10.1 Å². The van der Waals surface area contributed by atoms with Crippen LogP contribution in [0.2, 0.25) is 10.0 Å². The minimum atomic E-state index is -3.03. The first-order valence-electron chi connectivity index (χ1n) is 7.94. The number of carbonyl (C=O) groups is 1. The Morgan fingerprint density at radius 1 is 1.30 bits per heavy atom. The van der Waals surface area contributed by atoms with Crippen molar-refractivity contribution >= 4 is 34.9 Å². The highest BCUT2D eigenvalue weighted by atomic mass is 35.5. The predicted octanol–water partition coefficient (Wildman–Crippen LogP) is 4.27. The van der Waals surface area contributed by atoms with Gasteiger partial charge < -0.3 is 14.7 Å². The summed E-state index contributed by atoms with van der Waals surface area (Å²) in [6, 6.07) is 5.05. The van der Waals surface area contributed by atoms with Crippen LogP contribution in [0.25, 0.3) is 0 Å². The number of rotatable bonds is 7. The van der Waals surface area contributed by atoms with Gasteiger partial charge in [-0.15, -0.1) is 0 Å². The Bertz CT molecular complexity index is 840. The molecule has 1 aromatic heterocycles. The van der Waals surface area contributed by atoms with Gasteiger partial charge in [0.05, 0.1) is 17.2 Å². The number of nitrogens with zero attached hydrogens (tertiary/aromatic N) is 1. The molecular weight excluding hydrogens is 405 g/mol. The van der Waals surface area contributed by atoms with Gasteiger partial charge in [-0.05, 0) is 43.0 Å². The number of ether oxygens (including phenoxy) is 2. The number of amides is 1. The van der Waals surface area contributed by atoms with E-state index < -0.39 is 12.5 Å². The molecule has 1 fully saturated rings. The van der Waals surface area contributed by atoms with E-state index >= 15 is 0 Å².